The molecule has 2 saturated heterocycles. The molecule has 2 N–H and O–H groups in total. The summed E-state index contributed by atoms with van der Waals surface area (Å²) in [6.07, 6.45) is 10.1. The molecule has 6 nitrogen and oxygen atoms in total. The molecule has 3 heterocycles. The number of hydrogen-bond acceptors (Lipinski definition) is 5. The number of anilines is 3. The van der Waals surface area contributed by atoms with E-state index in [1.54, 1.807) is 0 Å². The van der Waals surface area contributed by atoms with Crippen LogP contribution in [0.25, 0.3) is 0 Å². The van der Waals surface area contributed by atoms with Gasteiger partial charge in [0.15, 0.2) is 5.11 Å². The predicted molar refractivity (Wildman–Crippen MR) is 125 cm³/mol. The molecule has 1 aliphatic carbocycles. The first-order valence-electron chi connectivity index (χ1n) is 11.5. The third-order valence-electron chi connectivity index (χ3n) is 6.49. The van der Waals surface area contributed by atoms with Gasteiger partial charge in [-0.3, -0.25) is 0 Å². The quantitative estimate of drug-likeness (QED) is 0.714. The molecule has 0 aromatic carbocycles. The van der Waals surface area contributed by atoms with Crippen molar-refractivity contribution in [2.45, 2.75) is 71.3 Å². The Morgan fingerprint density at radius 1 is 0.931 bits per heavy atom. The van der Waals surface area contributed by atoms with Crippen molar-refractivity contribution >= 4 is 34.9 Å². The fourth-order valence-corrected chi connectivity index (χ4v) is 5.43. The van der Waals surface area contributed by atoms with Crippen molar-refractivity contribution in [3.8, 4) is 0 Å². The van der Waals surface area contributed by atoms with Crippen molar-refractivity contribution in [2.75, 3.05) is 41.3 Å². The zero-order valence-corrected chi connectivity index (χ0v) is 18.8. The third kappa shape index (κ3) is 5.50. The van der Waals surface area contributed by atoms with Gasteiger partial charge in [0.2, 0.25) is 5.95 Å². The van der Waals surface area contributed by atoms with Crippen molar-refractivity contribution in [1.82, 2.24) is 15.3 Å². The molecule has 3 aliphatic rings. The molecule has 0 radical (unpaired) electrons. The number of rotatable bonds is 4. The van der Waals surface area contributed by atoms with Crippen LogP contribution in [0.1, 0.15) is 65.2 Å². The molecule has 160 valence electrons. The average molecular weight is 417 g/mol. The van der Waals surface area contributed by atoms with Crippen LogP contribution < -0.4 is 20.4 Å². The van der Waals surface area contributed by atoms with Gasteiger partial charge in [-0.05, 0) is 56.2 Å². The Balaban J connectivity index is 1.51. The summed E-state index contributed by atoms with van der Waals surface area (Å²) in [5.74, 6) is 4.07. The molecule has 7 heteroatoms. The fraction of sp³-hybridized carbons (Fsp3) is 0.773. The second-order valence-electron chi connectivity index (χ2n) is 9.39. The SMILES string of the molecule is C[C@H]1C[C@H](C)CN(c2cc(N3CCCC3)nc(NC(=S)NC3CCCCC3)n2)C1. The molecule has 0 amide bonds. The van der Waals surface area contributed by atoms with Crippen LogP contribution in [-0.4, -0.2) is 47.3 Å². The summed E-state index contributed by atoms with van der Waals surface area (Å²) in [6, 6.07) is 2.66. The van der Waals surface area contributed by atoms with Gasteiger partial charge in [-0.15, -0.1) is 0 Å². The predicted octanol–water partition coefficient (Wildman–Crippen LogP) is 4.18. The first kappa shape index (κ1) is 20.6. The van der Waals surface area contributed by atoms with Gasteiger partial charge in [0.05, 0.1) is 0 Å². The summed E-state index contributed by atoms with van der Waals surface area (Å²) >= 11 is 5.60. The van der Waals surface area contributed by atoms with Gasteiger partial charge in [-0.1, -0.05) is 33.1 Å². The lowest BCUT2D eigenvalue weighted by Crippen LogP contribution is -2.40. The van der Waals surface area contributed by atoms with E-state index in [2.05, 4.69) is 40.3 Å². The highest BCUT2D eigenvalue weighted by Crippen LogP contribution is 2.29. The lowest BCUT2D eigenvalue weighted by atomic mass is 9.92. The van der Waals surface area contributed by atoms with E-state index < -0.39 is 0 Å². The van der Waals surface area contributed by atoms with E-state index in [1.165, 1.54) is 51.4 Å². The molecular formula is C22H36N6S. The number of thiocarbonyl (C=S) groups is 1. The molecule has 0 bridgehead atoms. The van der Waals surface area contributed by atoms with Crippen molar-refractivity contribution < 1.29 is 0 Å². The summed E-state index contributed by atoms with van der Waals surface area (Å²) in [5, 5.41) is 7.44. The van der Waals surface area contributed by atoms with Crippen molar-refractivity contribution in [3.05, 3.63) is 6.07 Å². The van der Waals surface area contributed by atoms with E-state index in [4.69, 9.17) is 22.2 Å². The Morgan fingerprint density at radius 2 is 1.55 bits per heavy atom. The molecule has 4 rings (SSSR count). The van der Waals surface area contributed by atoms with Gasteiger partial charge >= 0.3 is 0 Å². The van der Waals surface area contributed by atoms with E-state index in [9.17, 15) is 0 Å². The molecule has 2 aliphatic heterocycles. The number of piperidine rings is 1. The van der Waals surface area contributed by atoms with Gasteiger partial charge in [0, 0.05) is 38.3 Å². The molecule has 1 aromatic heterocycles. The Bertz CT molecular complexity index is 689. The van der Waals surface area contributed by atoms with Gasteiger partial charge in [-0.2, -0.15) is 9.97 Å². The summed E-state index contributed by atoms with van der Waals surface area (Å²) in [6.45, 7) is 8.96. The van der Waals surface area contributed by atoms with E-state index in [0.29, 0.717) is 28.9 Å². The van der Waals surface area contributed by atoms with Gasteiger partial charge in [-0.25, -0.2) is 0 Å². The second kappa shape index (κ2) is 9.45. The van der Waals surface area contributed by atoms with Crippen molar-refractivity contribution in [1.29, 1.82) is 0 Å². The van der Waals surface area contributed by atoms with Crippen LogP contribution in [0.3, 0.4) is 0 Å². The zero-order valence-electron chi connectivity index (χ0n) is 18.0. The number of nitrogens with zero attached hydrogens (tertiary/aromatic N) is 4. The normalized spacial score (nSPS) is 25.9. The number of hydrogen-bond donors (Lipinski definition) is 2. The summed E-state index contributed by atoms with van der Waals surface area (Å²) < 4.78 is 0. The smallest absolute Gasteiger partial charge is 0.232 e. The molecule has 29 heavy (non-hydrogen) atoms. The van der Waals surface area contributed by atoms with E-state index in [-0.39, 0.29) is 0 Å². The largest absolute Gasteiger partial charge is 0.360 e. The Hall–Kier alpha value is -1.63. The molecule has 0 unspecified atom stereocenters. The van der Waals surface area contributed by atoms with Crippen LogP contribution in [0.15, 0.2) is 6.07 Å². The average Bonchev–Trinajstić information content (AvgIpc) is 3.22. The Morgan fingerprint density at radius 3 is 2.21 bits per heavy atom. The molecule has 2 atom stereocenters. The number of nitrogens with one attached hydrogen (secondary N) is 2. The lowest BCUT2D eigenvalue weighted by Gasteiger charge is -2.36. The van der Waals surface area contributed by atoms with Crippen molar-refractivity contribution in [3.63, 3.8) is 0 Å². The van der Waals surface area contributed by atoms with Gasteiger partial charge in [0.1, 0.15) is 11.6 Å². The minimum absolute atomic E-state index is 0.480. The summed E-state index contributed by atoms with van der Waals surface area (Å²) in [5.41, 5.74) is 0. The van der Waals surface area contributed by atoms with E-state index in [0.717, 1.165) is 37.8 Å². The first-order valence-corrected chi connectivity index (χ1v) is 11.9. The van der Waals surface area contributed by atoms with Gasteiger partial charge in [0.25, 0.3) is 0 Å². The lowest BCUT2D eigenvalue weighted by molar-refractivity contribution is 0.355. The highest BCUT2D eigenvalue weighted by atomic mass is 32.1. The maximum atomic E-state index is 5.60. The Labute approximate surface area is 180 Å². The fourth-order valence-electron chi connectivity index (χ4n) is 5.17. The van der Waals surface area contributed by atoms with E-state index in [1.807, 2.05) is 0 Å². The molecule has 1 saturated carbocycles. The first-order chi connectivity index (χ1) is 14.1. The minimum atomic E-state index is 0.480. The van der Waals surface area contributed by atoms with Crippen LogP contribution in [0.5, 0.6) is 0 Å². The van der Waals surface area contributed by atoms with Crippen LogP contribution in [0.2, 0.25) is 0 Å². The highest BCUT2D eigenvalue weighted by molar-refractivity contribution is 7.80. The topological polar surface area (TPSA) is 56.3 Å². The maximum absolute atomic E-state index is 5.60. The second-order valence-corrected chi connectivity index (χ2v) is 9.79. The van der Waals surface area contributed by atoms with Crippen LogP contribution in [0.4, 0.5) is 17.6 Å². The Kier molecular flexibility index (Phi) is 6.73. The minimum Gasteiger partial charge on any atom is -0.360 e. The maximum Gasteiger partial charge on any atom is 0.232 e. The molecule has 1 aromatic rings. The zero-order chi connectivity index (χ0) is 20.2. The third-order valence-corrected chi connectivity index (χ3v) is 6.71. The van der Waals surface area contributed by atoms with Crippen LogP contribution in [-0.2, 0) is 0 Å². The van der Waals surface area contributed by atoms with Gasteiger partial charge < -0.3 is 20.4 Å². The van der Waals surface area contributed by atoms with Crippen LogP contribution >= 0.6 is 12.2 Å². The standard InChI is InChI=1S/C22H36N6S/c1-16-12-17(2)15-28(14-16)20-13-19(27-10-6-7-11-27)24-21(25-20)26-22(29)23-18-8-4-3-5-9-18/h13,16-18H,3-12,14-15H2,1-2H3,(H2,23,24,25,26,29)/t16-,17-/m0/s1. The summed E-state index contributed by atoms with van der Waals surface area (Å²) in [4.78, 5) is 14.5. The molecular weight excluding hydrogens is 380 g/mol. The summed E-state index contributed by atoms with van der Waals surface area (Å²) in [7, 11) is 0. The molecule has 3 fully saturated rings. The molecule has 0 spiro atoms. The van der Waals surface area contributed by atoms with Crippen LogP contribution in [0, 0.1) is 11.8 Å². The monoisotopic (exact) mass is 416 g/mol. The number of aromatic nitrogens is 2. The van der Waals surface area contributed by atoms with E-state index >= 15 is 0 Å². The highest BCUT2D eigenvalue weighted by Gasteiger charge is 2.25. The van der Waals surface area contributed by atoms with Crippen molar-refractivity contribution in [2.24, 2.45) is 11.8 Å².